The standard InChI is InChI=1S/C14H15NOS/c16-14(15-13-8-9-13)12-6-4-11(5-7-12)3-1-2-10-17/h4-7,13,17H,2,8-10H2,(H,15,16). The molecule has 0 bridgehead atoms. The summed E-state index contributed by atoms with van der Waals surface area (Å²) >= 11 is 4.09. The lowest BCUT2D eigenvalue weighted by Gasteiger charge is -2.02. The third kappa shape index (κ3) is 3.83. The maximum atomic E-state index is 11.7. The zero-order valence-corrected chi connectivity index (χ0v) is 10.5. The average Bonchev–Trinajstić information content (AvgIpc) is 3.14. The van der Waals surface area contributed by atoms with E-state index in [9.17, 15) is 4.79 Å². The van der Waals surface area contributed by atoms with Gasteiger partial charge in [-0.25, -0.2) is 0 Å². The van der Waals surface area contributed by atoms with Gasteiger partial charge in [0.1, 0.15) is 0 Å². The van der Waals surface area contributed by atoms with E-state index in [-0.39, 0.29) is 5.91 Å². The summed E-state index contributed by atoms with van der Waals surface area (Å²) in [5.41, 5.74) is 1.64. The van der Waals surface area contributed by atoms with E-state index in [0.29, 0.717) is 11.6 Å². The Kier molecular flexibility index (Phi) is 4.11. The van der Waals surface area contributed by atoms with Crippen LogP contribution in [-0.2, 0) is 0 Å². The molecule has 0 heterocycles. The van der Waals surface area contributed by atoms with E-state index in [0.717, 1.165) is 30.6 Å². The van der Waals surface area contributed by atoms with Crippen LogP contribution in [0.25, 0.3) is 0 Å². The summed E-state index contributed by atoms with van der Waals surface area (Å²) in [5.74, 6) is 6.84. The average molecular weight is 245 g/mol. The molecule has 0 saturated heterocycles. The SMILES string of the molecule is O=C(NC1CC1)c1ccc(C#CCCS)cc1. The highest BCUT2D eigenvalue weighted by molar-refractivity contribution is 7.80. The van der Waals surface area contributed by atoms with Gasteiger partial charge in [-0.15, -0.1) is 0 Å². The van der Waals surface area contributed by atoms with E-state index >= 15 is 0 Å². The molecule has 1 amide bonds. The van der Waals surface area contributed by atoms with E-state index in [4.69, 9.17) is 0 Å². The third-order valence-corrected chi connectivity index (χ3v) is 2.75. The Hall–Kier alpha value is -1.40. The molecule has 2 nitrogen and oxygen atoms in total. The number of rotatable bonds is 3. The van der Waals surface area contributed by atoms with E-state index in [1.165, 1.54) is 0 Å². The van der Waals surface area contributed by atoms with Crippen LogP contribution in [0.5, 0.6) is 0 Å². The van der Waals surface area contributed by atoms with Gasteiger partial charge in [-0.3, -0.25) is 4.79 Å². The van der Waals surface area contributed by atoms with Gasteiger partial charge in [-0.2, -0.15) is 12.6 Å². The molecule has 2 rings (SSSR count). The lowest BCUT2D eigenvalue weighted by molar-refractivity contribution is 0.0951. The van der Waals surface area contributed by atoms with Crippen molar-refractivity contribution in [1.29, 1.82) is 0 Å². The summed E-state index contributed by atoms with van der Waals surface area (Å²) in [6.07, 6.45) is 3.01. The van der Waals surface area contributed by atoms with Crippen molar-refractivity contribution in [2.45, 2.75) is 25.3 Å². The van der Waals surface area contributed by atoms with Gasteiger partial charge in [0.05, 0.1) is 0 Å². The molecule has 0 spiro atoms. The Morgan fingerprint density at radius 1 is 1.35 bits per heavy atom. The van der Waals surface area contributed by atoms with Crippen LogP contribution in [0.4, 0.5) is 0 Å². The van der Waals surface area contributed by atoms with E-state index < -0.39 is 0 Å². The highest BCUT2D eigenvalue weighted by Crippen LogP contribution is 2.19. The zero-order chi connectivity index (χ0) is 12.1. The van der Waals surface area contributed by atoms with Crippen LogP contribution in [0.2, 0.25) is 0 Å². The van der Waals surface area contributed by atoms with Gasteiger partial charge in [0.15, 0.2) is 0 Å². The Morgan fingerprint density at radius 3 is 2.65 bits per heavy atom. The fraction of sp³-hybridized carbons (Fsp3) is 0.357. The predicted octanol–water partition coefficient (Wildman–Crippen LogP) is 2.25. The Balaban J connectivity index is 1.97. The number of hydrogen-bond donors (Lipinski definition) is 2. The minimum absolute atomic E-state index is 0.0161. The maximum absolute atomic E-state index is 11.7. The Bertz CT molecular complexity index is 451. The van der Waals surface area contributed by atoms with E-state index in [2.05, 4.69) is 29.8 Å². The second kappa shape index (κ2) is 5.79. The van der Waals surface area contributed by atoms with Crippen LogP contribution in [0, 0.1) is 11.8 Å². The number of nitrogens with one attached hydrogen (secondary N) is 1. The van der Waals surface area contributed by atoms with Gasteiger partial charge in [0.2, 0.25) is 0 Å². The van der Waals surface area contributed by atoms with Crippen molar-refractivity contribution >= 4 is 18.5 Å². The van der Waals surface area contributed by atoms with Crippen molar-refractivity contribution in [2.24, 2.45) is 0 Å². The smallest absolute Gasteiger partial charge is 0.251 e. The highest BCUT2D eigenvalue weighted by atomic mass is 32.1. The number of carbonyl (C=O) groups excluding carboxylic acids is 1. The summed E-state index contributed by atoms with van der Waals surface area (Å²) in [6.45, 7) is 0. The first-order valence-corrected chi connectivity index (χ1v) is 6.43. The summed E-state index contributed by atoms with van der Waals surface area (Å²) in [7, 11) is 0. The second-order valence-corrected chi connectivity index (χ2v) is 4.55. The topological polar surface area (TPSA) is 29.1 Å². The normalized spacial score (nSPS) is 13.7. The lowest BCUT2D eigenvalue weighted by atomic mass is 10.1. The molecule has 1 aromatic carbocycles. The first kappa shape index (κ1) is 12.1. The molecule has 1 saturated carbocycles. The molecule has 17 heavy (non-hydrogen) atoms. The van der Waals surface area contributed by atoms with Crippen LogP contribution >= 0.6 is 12.6 Å². The van der Waals surface area contributed by atoms with Gasteiger partial charge in [-0.1, -0.05) is 11.8 Å². The van der Waals surface area contributed by atoms with Gasteiger partial charge in [0.25, 0.3) is 5.91 Å². The number of hydrogen-bond acceptors (Lipinski definition) is 2. The van der Waals surface area contributed by atoms with Crippen molar-refractivity contribution in [2.75, 3.05) is 5.75 Å². The summed E-state index contributed by atoms with van der Waals surface area (Å²) in [6, 6.07) is 7.81. The van der Waals surface area contributed by atoms with Gasteiger partial charge >= 0.3 is 0 Å². The largest absolute Gasteiger partial charge is 0.349 e. The fourth-order valence-corrected chi connectivity index (χ4v) is 1.53. The van der Waals surface area contributed by atoms with Crippen LogP contribution in [0.3, 0.4) is 0 Å². The van der Waals surface area contributed by atoms with Gasteiger partial charge in [-0.05, 0) is 37.1 Å². The first-order valence-electron chi connectivity index (χ1n) is 5.80. The van der Waals surface area contributed by atoms with Crippen LogP contribution in [-0.4, -0.2) is 17.7 Å². The molecule has 0 unspecified atom stereocenters. The lowest BCUT2D eigenvalue weighted by Crippen LogP contribution is -2.25. The highest BCUT2D eigenvalue weighted by Gasteiger charge is 2.23. The van der Waals surface area contributed by atoms with Crippen molar-refractivity contribution in [3.05, 3.63) is 35.4 Å². The minimum Gasteiger partial charge on any atom is -0.349 e. The first-order chi connectivity index (χ1) is 8.29. The number of benzene rings is 1. The van der Waals surface area contributed by atoms with Gasteiger partial charge < -0.3 is 5.32 Å². The molecule has 88 valence electrons. The molecular formula is C14H15NOS. The molecule has 0 aromatic heterocycles. The number of thiol groups is 1. The molecule has 0 atom stereocenters. The number of carbonyl (C=O) groups is 1. The minimum atomic E-state index is 0.0161. The zero-order valence-electron chi connectivity index (χ0n) is 9.57. The predicted molar refractivity (Wildman–Crippen MR) is 72.3 cm³/mol. The van der Waals surface area contributed by atoms with Crippen molar-refractivity contribution in [3.8, 4) is 11.8 Å². The summed E-state index contributed by atoms with van der Waals surface area (Å²) in [4.78, 5) is 11.7. The molecule has 1 aromatic rings. The van der Waals surface area contributed by atoms with Crippen molar-refractivity contribution < 1.29 is 4.79 Å². The second-order valence-electron chi connectivity index (χ2n) is 4.10. The Morgan fingerprint density at radius 2 is 2.06 bits per heavy atom. The maximum Gasteiger partial charge on any atom is 0.251 e. The van der Waals surface area contributed by atoms with E-state index in [1.54, 1.807) is 0 Å². The molecule has 3 heteroatoms. The molecule has 1 aliphatic rings. The fourth-order valence-electron chi connectivity index (χ4n) is 1.42. The molecule has 0 radical (unpaired) electrons. The van der Waals surface area contributed by atoms with Crippen LogP contribution < -0.4 is 5.32 Å². The molecule has 1 aliphatic carbocycles. The third-order valence-electron chi connectivity index (χ3n) is 2.53. The quantitative estimate of drug-likeness (QED) is 0.620. The molecule has 1 N–H and O–H groups in total. The van der Waals surface area contributed by atoms with Gasteiger partial charge in [0, 0.05) is 29.3 Å². The molecule has 1 fully saturated rings. The Labute approximate surface area is 107 Å². The van der Waals surface area contributed by atoms with Crippen LogP contribution in [0.1, 0.15) is 35.2 Å². The van der Waals surface area contributed by atoms with Crippen molar-refractivity contribution in [3.63, 3.8) is 0 Å². The monoisotopic (exact) mass is 245 g/mol. The van der Waals surface area contributed by atoms with Crippen LogP contribution in [0.15, 0.2) is 24.3 Å². The summed E-state index contributed by atoms with van der Waals surface area (Å²) < 4.78 is 0. The van der Waals surface area contributed by atoms with Crippen molar-refractivity contribution in [1.82, 2.24) is 5.32 Å². The van der Waals surface area contributed by atoms with E-state index in [1.807, 2.05) is 24.3 Å². The summed E-state index contributed by atoms with van der Waals surface area (Å²) in [5, 5.41) is 2.96. The number of amides is 1. The molecular weight excluding hydrogens is 230 g/mol. The molecule has 0 aliphatic heterocycles.